The van der Waals surface area contributed by atoms with Gasteiger partial charge in [0.1, 0.15) is 0 Å². The Hall–Kier alpha value is -2.30. The number of aromatic nitrogens is 2. The van der Waals surface area contributed by atoms with Crippen molar-refractivity contribution in [2.24, 2.45) is 0 Å². The van der Waals surface area contributed by atoms with Crippen LogP contribution in [-0.4, -0.2) is 16.3 Å². The Kier molecular flexibility index (Phi) is 2.86. The Labute approximate surface area is 90.7 Å². The first kappa shape index (κ1) is 10.2. The molecule has 0 atom stereocenters. The van der Waals surface area contributed by atoms with E-state index < -0.39 is 5.82 Å². The number of carbonyl (C=O) groups excluding carboxylic acids is 1. The van der Waals surface area contributed by atoms with Crippen LogP contribution < -0.4 is 4.74 Å². The summed E-state index contributed by atoms with van der Waals surface area (Å²) in [7, 11) is 0. The fourth-order valence-corrected chi connectivity index (χ4v) is 1.11. The average Bonchev–Trinajstić information content (AvgIpc) is 2.32. The number of rotatable bonds is 3. The number of benzene rings is 1. The number of halogens is 1. The van der Waals surface area contributed by atoms with Crippen LogP contribution in [0.1, 0.15) is 10.6 Å². The smallest absolute Gasteiger partial charge is 0.223 e. The Balaban J connectivity index is 2.27. The van der Waals surface area contributed by atoms with Gasteiger partial charge in [-0.25, -0.2) is 9.37 Å². The first-order chi connectivity index (χ1) is 7.79. The van der Waals surface area contributed by atoms with Gasteiger partial charge in [0.25, 0.3) is 0 Å². The molecule has 0 bridgehead atoms. The lowest BCUT2D eigenvalue weighted by Gasteiger charge is -2.04. The van der Waals surface area contributed by atoms with Crippen LogP contribution >= 0.6 is 0 Å². The Morgan fingerprint density at radius 1 is 1.25 bits per heavy atom. The summed E-state index contributed by atoms with van der Waals surface area (Å²) >= 11 is 0. The Morgan fingerprint density at radius 2 is 2.06 bits per heavy atom. The third-order valence-electron chi connectivity index (χ3n) is 1.81. The van der Waals surface area contributed by atoms with E-state index in [0.717, 1.165) is 0 Å². The van der Waals surface area contributed by atoms with Gasteiger partial charge in [0.05, 0.1) is 0 Å². The van der Waals surface area contributed by atoms with Crippen molar-refractivity contribution in [3.63, 3.8) is 0 Å². The summed E-state index contributed by atoms with van der Waals surface area (Å²) in [5, 5.41) is 0. The van der Waals surface area contributed by atoms with E-state index >= 15 is 0 Å². The quantitative estimate of drug-likeness (QED) is 0.741. The van der Waals surface area contributed by atoms with Crippen LogP contribution in [-0.2, 0) is 0 Å². The molecule has 16 heavy (non-hydrogen) atoms. The molecule has 4 nitrogen and oxygen atoms in total. The summed E-state index contributed by atoms with van der Waals surface area (Å²) in [4.78, 5) is 17.9. The van der Waals surface area contributed by atoms with E-state index in [-0.39, 0.29) is 17.5 Å². The number of carbonyl (C=O) groups is 1. The molecule has 0 unspecified atom stereocenters. The van der Waals surface area contributed by atoms with Crippen LogP contribution in [0, 0.1) is 5.82 Å². The molecule has 0 saturated heterocycles. The Morgan fingerprint density at radius 3 is 2.81 bits per heavy atom. The van der Waals surface area contributed by atoms with Crippen LogP contribution in [0.25, 0.3) is 0 Å². The van der Waals surface area contributed by atoms with E-state index in [4.69, 9.17) is 4.74 Å². The fraction of sp³-hybridized carbons (Fsp3) is 0. The zero-order valence-corrected chi connectivity index (χ0v) is 8.13. The Bertz CT molecular complexity index is 517. The van der Waals surface area contributed by atoms with E-state index in [0.29, 0.717) is 6.29 Å². The number of nitrogens with zero attached hydrogens (tertiary/aromatic N) is 2. The summed E-state index contributed by atoms with van der Waals surface area (Å²) in [5.74, 6) is -0.317. The topological polar surface area (TPSA) is 52.1 Å². The van der Waals surface area contributed by atoms with Crippen molar-refractivity contribution in [1.82, 2.24) is 9.97 Å². The minimum atomic E-state index is -0.492. The molecule has 0 saturated carbocycles. The molecule has 1 aromatic carbocycles. The van der Waals surface area contributed by atoms with E-state index in [9.17, 15) is 9.18 Å². The molecular weight excluding hydrogens is 211 g/mol. The van der Waals surface area contributed by atoms with Crippen molar-refractivity contribution in [2.45, 2.75) is 0 Å². The largest absolute Gasteiger partial charge is 0.436 e. The van der Waals surface area contributed by atoms with E-state index in [2.05, 4.69) is 9.97 Å². The van der Waals surface area contributed by atoms with Gasteiger partial charge in [0.2, 0.25) is 5.88 Å². The molecule has 0 aliphatic heterocycles. The van der Waals surface area contributed by atoms with Gasteiger partial charge >= 0.3 is 0 Å². The van der Waals surface area contributed by atoms with Crippen LogP contribution in [0.5, 0.6) is 11.6 Å². The molecule has 2 aromatic rings. The zero-order chi connectivity index (χ0) is 11.4. The predicted molar refractivity (Wildman–Crippen MR) is 53.9 cm³/mol. The molecule has 2 rings (SSSR count). The van der Waals surface area contributed by atoms with Crippen molar-refractivity contribution in [3.05, 3.63) is 48.2 Å². The summed E-state index contributed by atoms with van der Waals surface area (Å²) < 4.78 is 18.4. The second-order valence-corrected chi connectivity index (χ2v) is 2.90. The van der Waals surface area contributed by atoms with E-state index in [1.54, 1.807) is 12.1 Å². The van der Waals surface area contributed by atoms with E-state index in [1.165, 1.54) is 24.4 Å². The standard InChI is InChI=1S/C11H7FN2O2/c12-8-3-1-2-4-9(8)16-11-5-6-13-10(7-15)14-11/h1-7H. The van der Waals surface area contributed by atoms with Gasteiger partial charge < -0.3 is 4.74 Å². The van der Waals surface area contributed by atoms with Gasteiger partial charge in [-0.1, -0.05) is 12.1 Å². The third kappa shape index (κ3) is 2.20. The van der Waals surface area contributed by atoms with Crippen molar-refractivity contribution in [2.75, 3.05) is 0 Å². The highest BCUT2D eigenvalue weighted by Gasteiger charge is 2.05. The fourth-order valence-electron chi connectivity index (χ4n) is 1.11. The summed E-state index contributed by atoms with van der Waals surface area (Å²) in [6, 6.07) is 7.38. The number of hydrogen-bond donors (Lipinski definition) is 0. The predicted octanol–water partition coefficient (Wildman–Crippen LogP) is 2.22. The van der Waals surface area contributed by atoms with Crippen LogP contribution in [0.2, 0.25) is 0 Å². The SMILES string of the molecule is O=Cc1nccc(Oc2ccccc2F)n1. The molecule has 1 aromatic heterocycles. The van der Waals surface area contributed by atoms with Gasteiger partial charge in [-0.3, -0.25) is 4.79 Å². The lowest BCUT2D eigenvalue weighted by molar-refractivity contribution is 0.111. The molecule has 80 valence electrons. The van der Waals surface area contributed by atoms with Crippen molar-refractivity contribution in [3.8, 4) is 11.6 Å². The first-order valence-electron chi connectivity index (χ1n) is 4.50. The number of ether oxygens (including phenoxy) is 1. The first-order valence-corrected chi connectivity index (χ1v) is 4.50. The second kappa shape index (κ2) is 4.48. The molecular formula is C11H7FN2O2. The number of aldehydes is 1. The summed E-state index contributed by atoms with van der Waals surface area (Å²) in [6.07, 6.45) is 1.86. The zero-order valence-electron chi connectivity index (χ0n) is 8.13. The second-order valence-electron chi connectivity index (χ2n) is 2.90. The molecule has 0 aliphatic rings. The monoisotopic (exact) mass is 218 g/mol. The van der Waals surface area contributed by atoms with E-state index in [1.807, 2.05) is 0 Å². The van der Waals surface area contributed by atoms with Gasteiger partial charge in [-0.05, 0) is 12.1 Å². The van der Waals surface area contributed by atoms with Crippen molar-refractivity contribution in [1.29, 1.82) is 0 Å². The van der Waals surface area contributed by atoms with Gasteiger partial charge in [0.15, 0.2) is 23.7 Å². The number of para-hydroxylation sites is 1. The van der Waals surface area contributed by atoms with Gasteiger partial charge in [0, 0.05) is 12.3 Å². The molecule has 0 radical (unpaired) electrons. The highest BCUT2D eigenvalue weighted by atomic mass is 19.1. The van der Waals surface area contributed by atoms with Crippen LogP contribution in [0.15, 0.2) is 36.5 Å². The normalized spacial score (nSPS) is 9.81. The lowest BCUT2D eigenvalue weighted by Crippen LogP contribution is -1.95. The maximum Gasteiger partial charge on any atom is 0.223 e. The summed E-state index contributed by atoms with van der Waals surface area (Å²) in [5.41, 5.74) is 0. The maximum atomic E-state index is 13.2. The lowest BCUT2D eigenvalue weighted by atomic mass is 10.3. The third-order valence-corrected chi connectivity index (χ3v) is 1.81. The maximum absolute atomic E-state index is 13.2. The average molecular weight is 218 g/mol. The molecule has 0 amide bonds. The van der Waals surface area contributed by atoms with Gasteiger partial charge in [-0.15, -0.1) is 0 Å². The summed E-state index contributed by atoms with van der Waals surface area (Å²) in [6.45, 7) is 0. The highest BCUT2D eigenvalue weighted by Crippen LogP contribution is 2.21. The number of hydrogen-bond acceptors (Lipinski definition) is 4. The molecule has 0 spiro atoms. The molecule has 0 N–H and O–H groups in total. The molecule has 5 heteroatoms. The molecule has 1 heterocycles. The van der Waals surface area contributed by atoms with Crippen LogP contribution in [0.3, 0.4) is 0 Å². The minimum Gasteiger partial charge on any atom is -0.436 e. The molecule has 0 fully saturated rings. The highest BCUT2D eigenvalue weighted by molar-refractivity contribution is 5.68. The van der Waals surface area contributed by atoms with Gasteiger partial charge in [-0.2, -0.15) is 4.98 Å². The van der Waals surface area contributed by atoms with Crippen molar-refractivity contribution >= 4 is 6.29 Å². The van der Waals surface area contributed by atoms with Crippen LogP contribution in [0.4, 0.5) is 4.39 Å². The van der Waals surface area contributed by atoms with Crippen molar-refractivity contribution < 1.29 is 13.9 Å². The minimum absolute atomic E-state index is 0.00570. The molecule has 0 aliphatic carbocycles.